The van der Waals surface area contributed by atoms with E-state index >= 15 is 0 Å². The molecular formula is C24H32N2O3. The van der Waals surface area contributed by atoms with Crippen LogP contribution in [0.25, 0.3) is 0 Å². The number of anilines is 1. The molecule has 1 heterocycles. The first-order chi connectivity index (χ1) is 14.0. The van der Waals surface area contributed by atoms with E-state index in [1.165, 1.54) is 5.56 Å². The van der Waals surface area contributed by atoms with E-state index in [1.54, 1.807) is 13.2 Å². The number of phenolic OH excluding ortho intramolecular Hbond substituents is 1. The number of phenols is 1. The van der Waals surface area contributed by atoms with Crippen LogP contribution in [0, 0.1) is 6.92 Å². The predicted octanol–water partition coefficient (Wildman–Crippen LogP) is 4.51. The van der Waals surface area contributed by atoms with Crippen LogP contribution in [0.5, 0.6) is 11.5 Å². The summed E-state index contributed by atoms with van der Waals surface area (Å²) in [6.45, 7) is 6.58. The Bertz CT molecular complexity index is 811. The molecule has 1 aliphatic heterocycles. The first-order valence-electron chi connectivity index (χ1n) is 10.5. The molecule has 0 radical (unpaired) electrons. The van der Waals surface area contributed by atoms with Gasteiger partial charge in [-0.1, -0.05) is 36.8 Å². The number of benzene rings is 2. The third-order valence-corrected chi connectivity index (χ3v) is 5.66. The molecule has 156 valence electrons. The lowest BCUT2D eigenvalue weighted by molar-refractivity contribution is -0.119. The van der Waals surface area contributed by atoms with Gasteiger partial charge in [0.15, 0.2) is 11.5 Å². The van der Waals surface area contributed by atoms with Crippen LogP contribution in [-0.4, -0.2) is 42.2 Å². The highest BCUT2D eigenvalue weighted by Gasteiger charge is 2.29. The van der Waals surface area contributed by atoms with Crippen LogP contribution >= 0.6 is 0 Å². The van der Waals surface area contributed by atoms with Crippen LogP contribution in [0.1, 0.15) is 43.7 Å². The largest absolute Gasteiger partial charge is 0.504 e. The van der Waals surface area contributed by atoms with E-state index in [0.717, 1.165) is 43.6 Å². The van der Waals surface area contributed by atoms with Crippen LogP contribution in [0.2, 0.25) is 0 Å². The Morgan fingerprint density at radius 3 is 2.48 bits per heavy atom. The number of para-hydroxylation sites is 1. The van der Waals surface area contributed by atoms with Crippen molar-refractivity contribution < 1.29 is 14.6 Å². The molecule has 5 nitrogen and oxygen atoms in total. The smallest absolute Gasteiger partial charge is 0.227 e. The molecule has 0 aromatic heterocycles. The summed E-state index contributed by atoms with van der Waals surface area (Å²) in [5, 5.41) is 10.4. The van der Waals surface area contributed by atoms with E-state index in [0.29, 0.717) is 18.7 Å². The molecular weight excluding hydrogens is 364 g/mol. The number of methoxy groups -OCH3 is 1. The number of ether oxygens (including phenoxy) is 1. The van der Waals surface area contributed by atoms with E-state index in [4.69, 9.17) is 4.74 Å². The van der Waals surface area contributed by atoms with Crippen LogP contribution in [0.3, 0.4) is 0 Å². The van der Waals surface area contributed by atoms with Gasteiger partial charge in [-0.3, -0.25) is 9.69 Å². The number of likely N-dealkylation sites (tertiary alicyclic amines) is 1. The molecule has 2 aromatic rings. The highest BCUT2D eigenvalue weighted by Crippen LogP contribution is 2.31. The number of aryl methyl sites for hydroxylation is 1. The van der Waals surface area contributed by atoms with Crippen molar-refractivity contribution in [1.82, 2.24) is 4.90 Å². The molecule has 0 atom stereocenters. The molecule has 1 saturated heterocycles. The zero-order valence-corrected chi connectivity index (χ0v) is 17.7. The van der Waals surface area contributed by atoms with Crippen molar-refractivity contribution in [2.75, 3.05) is 25.1 Å². The summed E-state index contributed by atoms with van der Waals surface area (Å²) in [5.41, 5.74) is 3.07. The van der Waals surface area contributed by atoms with Crippen molar-refractivity contribution >= 4 is 11.6 Å². The summed E-state index contributed by atoms with van der Waals surface area (Å²) >= 11 is 0. The summed E-state index contributed by atoms with van der Waals surface area (Å²) in [4.78, 5) is 17.2. The minimum Gasteiger partial charge on any atom is -0.504 e. The average molecular weight is 397 g/mol. The summed E-state index contributed by atoms with van der Waals surface area (Å²) in [5.74, 6) is 0.935. The number of nitrogens with zero attached hydrogens (tertiary/aromatic N) is 2. The number of hydrogen-bond acceptors (Lipinski definition) is 4. The summed E-state index contributed by atoms with van der Waals surface area (Å²) in [7, 11) is 1.57. The number of carbonyl (C=O) groups excluding carboxylic acids is 1. The van der Waals surface area contributed by atoms with Crippen molar-refractivity contribution in [3.63, 3.8) is 0 Å². The number of piperidine rings is 1. The van der Waals surface area contributed by atoms with Gasteiger partial charge in [-0.25, -0.2) is 0 Å². The first-order valence-corrected chi connectivity index (χ1v) is 10.5. The van der Waals surface area contributed by atoms with Gasteiger partial charge < -0.3 is 14.7 Å². The minimum absolute atomic E-state index is 0.209. The fraction of sp³-hybridized carbons (Fsp3) is 0.458. The van der Waals surface area contributed by atoms with Crippen molar-refractivity contribution in [2.45, 2.75) is 52.1 Å². The van der Waals surface area contributed by atoms with Gasteiger partial charge in [0.1, 0.15) is 0 Å². The molecule has 0 unspecified atom stereocenters. The van der Waals surface area contributed by atoms with E-state index in [-0.39, 0.29) is 17.7 Å². The third-order valence-electron chi connectivity index (χ3n) is 5.66. The Balaban J connectivity index is 1.68. The van der Waals surface area contributed by atoms with E-state index < -0.39 is 0 Å². The van der Waals surface area contributed by atoms with Gasteiger partial charge in [0.05, 0.1) is 7.11 Å². The van der Waals surface area contributed by atoms with Gasteiger partial charge in [0.25, 0.3) is 0 Å². The second-order valence-corrected chi connectivity index (χ2v) is 7.82. The molecule has 3 rings (SSSR count). The topological polar surface area (TPSA) is 53.0 Å². The third kappa shape index (κ3) is 5.10. The lowest BCUT2D eigenvalue weighted by Crippen LogP contribution is -2.47. The first kappa shape index (κ1) is 21.2. The van der Waals surface area contributed by atoms with E-state index in [9.17, 15) is 9.90 Å². The Kier molecular flexibility index (Phi) is 7.15. The quantitative estimate of drug-likeness (QED) is 0.748. The minimum atomic E-state index is 0.209. The van der Waals surface area contributed by atoms with Gasteiger partial charge in [-0.15, -0.1) is 0 Å². The van der Waals surface area contributed by atoms with Gasteiger partial charge in [-0.05, 0) is 44.4 Å². The number of aromatic hydroxyl groups is 1. The Morgan fingerprint density at radius 2 is 1.86 bits per heavy atom. The SMILES string of the molecule is CCCC(=O)N(c1ccc(C)cc1)C1CCN(Cc2cccc(OC)c2O)CC1. The average Bonchev–Trinajstić information content (AvgIpc) is 2.72. The maximum Gasteiger partial charge on any atom is 0.227 e. The molecule has 1 aliphatic rings. The molecule has 1 fully saturated rings. The highest BCUT2D eigenvalue weighted by molar-refractivity contribution is 5.94. The Labute approximate surface area is 173 Å². The summed E-state index contributed by atoms with van der Waals surface area (Å²) in [6.07, 6.45) is 3.28. The van der Waals surface area contributed by atoms with Crippen LogP contribution in [0.4, 0.5) is 5.69 Å². The van der Waals surface area contributed by atoms with Crippen molar-refractivity contribution in [3.05, 3.63) is 53.6 Å². The lowest BCUT2D eigenvalue weighted by atomic mass is 10.00. The van der Waals surface area contributed by atoms with Crippen LogP contribution < -0.4 is 9.64 Å². The second-order valence-electron chi connectivity index (χ2n) is 7.82. The Hall–Kier alpha value is -2.53. The van der Waals surface area contributed by atoms with Gasteiger partial charge in [-0.2, -0.15) is 0 Å². The van der Waals surface area contributed by atoms with Gasteiger partial charge >= 0.3 is 0 Å². The molecule has 0 aliphatic carbocycles. The molecule has 1 N–H and O–H groups in total. The number of amides is 1. The monoisotopic (exact) mass is 396 g/mol. The maximum absolute atomic E-state index is 12.9. The summed E-state index contributed by atoms with van der Waals surface area (Å²) < 4.78 is 5.22. The zero-order valence-electron chi connectivity index (χ0n) is 17.7. The van der Waals surface area contributed by atoms with Crippen molar-refractivity contribution in [2.24, 2.45) is 0 Å². The Morgan fingerprint density at radius 1 is 1.17 bits per heavy atom. The van der Waals surface area contributed by atoms with Crippen molar-refractivity contribution in [3.8, 4) is 11.5 Å². The lowest BCUT2D eigenvalue weighted by Gasteiger charge is -2.39. The fourth-order valence-electron chi connectivity index (χ4n) is 4.03. The van der Waals surface area contributed by atoms with Gasteiger partial charge in [0.2, 0.25) is 5.91 Å². The van der Waals surface area contributed by atoms with Gasteiger partial charge in [0, 0.05) is 43.3 Å². The number of carbonyl (C=O) groups is 1. The van der Waals surface area contributed by atoms with E-state index in [2.05, 4.69) is 43.0 Å². The predicted molar refractivity (Wildman–Crippen MR) is 117 cm³/mol. The van der Waals surface area contributed by atoms with E-state index in [1.807, 2.05) is 17.0 Å². The number of rotatable bonds is 7. The highest BCUT2D eigenvalue weighted by atomic mass is 16.5. The van der Waals surface area contributed by atoms with Crippen molar-refractivity contribution in [1.29, 1.82) is 0 Å². The normalized spacial score (nSPS) is 15.3. The summed E-state index contributed by atoms with van der Waals surface area (Å²) in [6, 6.07) is 14.1. The fourth-order valence-corrected chi connectivity index (χ4v) is 4.03. The standard InChI is InChI=1S/C24H32N2O3/c1-4-6-23(27)26(20-11-9-18(2)10-12-20)21-13-15-25(16-14-21)17-19-7-5-8-22(29-3)24(19)28/h5,7-12,21,28H,4,6,13-17H2,1-3H3. The second kappa shape index (κ2) is 9.79. The maximum atomic E-state index is 12.9. The molecule has 29 heavy (non-hydrogen) atoms. The molecule has 0 bridgehead atoms. The van der Waals surface area contributed by atoms with Crippen LogP contribution in [0.15, 0.2) is 42.5 Å². The zero-order chi connectivity index (χ0) is 20.8. The molecule has 2 aromatic carbocycles. The molecule has 0 saturated carbocycles. The molecule has 1 amide bonds. The van der Waals surface area contributed by atoms with Crippen LogP contribution in [-0.2, 0) is 11.3 Å². The molecule has 0 spiro atoms. The number of hydrogen-bond donors (Lipinski definition) is 1. The molecule has 5 heteroatoms.